The lowest BCUT2D eigenvalue weighted by Gasteiger charge is -2.08. The summed E-state index contributed by atoms with van der Waals surface area (Å²) in [5.74, 6) is 2.22. The molecule has 0 radical (unpaired) electrons. The van der Waals surface area contributed by atoms with Gasteiger partial charge in [-0.2, -0.15) is 0 Å². The van der Waals surface area contributed by atoms with Gasteiger partial charge in [0, 0.05) is 23.9 Å². The Labute approximate surface area is 122 Å². The van der Waals surface area contributed by atoms with Crippen LogP contribution in [-0.2, 0) is 0 Å². The smallest absolute Gasteiger partial charge is 0.231 e. The predicted molar refractivity (Wildman–Crippen MR) is 79.1 cm³/mol. The van der Waals surface area contributed by atoms with Gasteiger partial charge in [-0.15, -0.1) is 0 Å². The fourth-order valence-electron chi connectivity index (χ4n) is 2.04. The Balaban J connectivity index is 1.93. The molecule has 21 heavy (non-hydrogen) atoms. The molecule has 0 unspecified atom stereocenters. The first-order valence-corrected chi connectivity index (χ1v) is 6.66. The van der Waals surface area contributed by atoms with Crippen LogP contribution in [0.4, 0.5) is 5.69 Å². The highest BCUT2D eigenvalue weighted by molar-refractivity contribution is 5.87. The van der Waals surface area contributed by atoms with E-state index in [1.807, 2.05) is 19.1 Å². The number of ether oxygens (including phenoxy) is 3. The summed E-state index contributed by atoms with van der Waals surface area (Å²) in [4.78, 5) is 4.34. The van der Waals surface area contributed by atoms with E-state index in [9.17, 15) is 5.11 Å². The highest BCUT2D eigenvalue weighted by Crippen LogP contribution is 2.37. The molecular weight excluding hydrogens is 270 g/mol. The minimum Gasteiger partial charge on any atom is -0.508 e. The van der Waals surface area contributed by atoms with Crippen LogP contribution in [-0.4, -0.2) is 24.7 Å². The van der Waals surface area contributed by atoms with Crippen molar-refractivity contribution in [1.82, 2.24) is 0 Å². The third-order valence-corrected chi connectivity index (χ3v) is 2.99. The first-order chi connectivity index (χ1) is 10.3. The van der Waals surface area contributed by atoms with E-state index in [-0.39, 0.29) is 12.5 Å². The van der Waals surface area contributed by atoms with Crippen LogP contribution in [0.2, 0.25) is 0 Å². The fourth-order valence-corrected chi connectivity index (χ4v) is 2.04. The number of aromatic hydroxyl groups is 1. The second kappa shape index (κ2) is 5.75. The van der Waals surface area contributed by atoms with Gasteiger partial charge in [0.15, 0.2) is 11.5 Å². The van der Waals surface area contributed by atoms with E-state index >= 15 is 0 Å². The highest BCUT2D eigenvalue weighted by atomic mass is 16.7. The Morgan fingerprint density at radius 2 is 2.05 bits per heavy atom. The summed E-state index contributed by atoms with van der Waals surface area (Å²) in [5.41, 5.74) is 1.46. The van der Waals surface area contributed by atoms with Crippen molar-refractivity contribution in [3.63, 3.8) is 0 Å². The van der Waals surface area contributed by atoms with Gasteiger partial charge in [0.1, 0.15) is 11.5 Å². The largest absolute Gasteiger partial charge is 0.508 e. The number of hydrogen-bond donors (Lipinski definition) is 1. The molecule has 1 aliphatic rings. The maximum absolute atomic E-state index is 9.44. The Bertz CT molecular complexity index is 682. The summed E-state index contributed by atoms with van der Waals surface area (Å²) in [7, 11) is 0. The number of fused-ring (bicyclic) bond motifs is 1. The number of rotatable bonds is 4. The maximum Gasteiger partial charge on any atom is 0.231 e. The van der Waals surface area contributed by atoms with Crippen LogP contribution in [0.5, 0.6) is 23.0 Å². The summed E-state index contributed by atoms with van der Waals surface area (Å²) in [5, 5.41) is 9.44. The van der Waals surface area contributed by atoms with Gasteiger partial charge < -0.3 is 19.3 Å². The van der Waals surface area contributed by atoms with Gasteiger partial charge in [0.05, 0.1) is 12.3 Å². The van der Waals surface area contributed by atoms with Gasteiger partial charge in [-0.05, 0) is 25.1 Å². The Morgan fingerprint density at radius 1 is 1.24 bits per heavy atom. The molecule has 5 heteroatoms. The molecule has 1 aliphatic heterocycles. The first kappa shape index (κ1) is 13.3. The van der Waals surface area contributed by atoms with Crippen LogP contribution in [0.1, 0.15) is 12.5 Å². The average molecular weight is 285 g/mol. The zero-order valence-corrected chi connectivity index (χ0v) is 11.6. The highest BCUT2D eigenvalue weighted by Gasteiger charge is 2.17. The zero-order chi connectivity index (χ0) is 14.7. The minimum absolute atomic E-state index is 0.181. The topological polar surface area (TPSA) is 60.3 Å². The quantitative estimate of drug-likeness (QED) is 0.876. The van der Waals surface area contributed by atoms with Crippen molar-refractivity contribution in [2.24, 2.45) is 4.99 Å². The van der Waals surface area contributed by atoms with E-state index in [1.165, 1.54) is 0 Å². The zero-order valence-electron chi connectivity index (χ0n) is 11.6. The maximum atomic E-state index is 9.44. The lowest BCUT2D eigenvalue weighted by atomic mass is 10.2. The van der Waals surface area contributed by atoms with Gasteiger partial charge in [-0.25, -0.2) is 0 Å². The van der Waals surface area contributed by atoms with Crippen LogP contribution in [0, 0.1) is 0 Å². The van der Waals surface area contributed by atoms with Crippen LogP contribution in [0.15, 0.2) is 41.4 Å². The molecule has 5 nitrogen and oxygen atoms in total. The lowest BCUT2D eigenvalue weighted by Crippen LogP contribution is -1.96. The van der Waals surface area contributed by atoms with Crippen molar-refractivity contribution in [3.05, 3.63) is 42.0 Å². The van der Waals surface area contributed by atoms with Crippen LogP contribution in [0.3, 0.4) is 0 Å². The molecule has 108 valence electrons. The second-order valence-electron chi connectivity index (χ2n) is 4.45. The average Bonchev–Trinajstić information content (AvgIpc) is 2.92. The number of phenols is 1. The Hall–Kier alpha value is -2.69. The van der Waals surface area contributed by atoms with E-state index in [0.29, 0.717) is 29.5 Å². The molecule has 0 spiro atoms. The van der Waals surface area contributed by atoms with Crippen LogP contribution >= 0.6 is 0 Å². The number of phenolic OH excluding ortho intramolecular Hbond substituents is 1. The number of benzene rings is 2. The molecule has 0 saturated heterocycles. The molecule has 0 aliphatic carbocycles. The number of hydrogen-bond acceptors (Lipinski definition) is 5. The molecule has 0 saturated carbocycles. The Kier molecular flexibility index (Phi) is 3.64. The molecule has 0 atom stereocenters. The van der Waals surface area contributed by atoms with E-state index < -0.39 is 0 Å². The summed E-state index contributed by atoms with van der Waals surface area (Å²) in [6, 6.07) is 10.4. The van der Waals surface area contributed by atoms with Crippen molar-refractivity contribution in [2.45, 2.75) is 6.92 Å². The monoisotopic (exact) mass is 285 g/mol. The number of nitrogens with zero attached hydrogens (tertiary/aromatic N) is 1. The lowest BCUT2D eigenvalue weighted by molar-refractivity contribution is 0.174. The third kappa shape index (κ3) is 2.91. The molecule has 2 aromatic rings. The summed E-state index contributed by atoms with van der Waals surface area (Å²) >= 11 is 0. The molecule has 1 N–H and O–H groups in total. The molecule has 0 fully saturated rings. The standard InChI is InChI=1S/C16H15NO4/c1-2-19-14-8-16-15(20-10-21-16)6-11(14)9-17-12-4-3-5-13(18)7-12/h3-9,18H,2,10H2,1H3. The van der Waals surface area contributed by atoms with Gasteiger partial charge in [0.25, 0.3) is 0 Å². The van der Waals surface area contributed by atoms with Crippen LogP contribution < -0.4 is 14.2 Å². The Morgan fingerprint density at radius 3 is 2.81 bits per heavy atom. The molecular formula is C16H15NO4. The van der Waals surface area contributed by atoms with Crippen molar-refractivity contribution in [3.8, 4) is 23.0 Å². The molecule has 0 aromatic heterocycles. The summed E-state index contributed by atoms with van der Waals surface area (Å²) < 4.78 is 16.3. The minimum atomic E-state index is 0.181. The molecule has 0 amide bonds. The predicted octanol–water partition coefficient (Wildman–Crippen LogP) is 3.27. The summed E-state index contributed by atoms with van der Waals surface area (Å²) in [6.45, 7) is 2.68. The van der Waals surface area contributed by atoms with Gasteiger partial charge in [0.2, 0.25) is 6.79 Å². The fraction of sp³-hybridized carbons (Fsp3) is 0.188. The molecule has 3 rings (SSSR count). The van der Waals surface area contributed by atoms with Crippen molar-refractivity contribution in [1.29, 1.82) is 0 Å². The van der Waals surface area contributed by atoms with E-state index in [2.05, 4.69) is 4.99 Å². The van der Waals surface area contributed by atoms with Gasteiger partial charge >= 0.3 is 0 Å². The second-order valence-corrected chi connectivity index (χ2v) is 4.45. The molecule has 1 heterocycles. The third-order valence-electron chi connectivity index (χ3n) is 2.99. The van der Waals surface area contributed by atoms with Crippen LogP contribution in [0.25, 0.3) is 0 Å². The first-order valence-electron chi connectivity index (χ1n) is 6.66. The van der Waals surface area contributed by atoms with Crippen molar-refractivity contribution < 1.29 is 19.3 Å². The van der Waals surface area contributed by atoms with Gasteiger partial charge in [-0.3, -0.25) is 4.99 Å². The molecule has 0 bridgehead atoms. The summed E-state index contributed by atoms with van der Waals surface area (Å²) in [6.07, 6.45) is 1.68. The van der Waals surface area contributed by atoms with Crippen molar-refractivity contribution >= 4 is 11.9 Å². The molecule has 2 aromatic carbocycles. The van der Waals surface area contributed by atoms with Crippen molar-refractivity contribution in [2.75, 3.05) is 13.4 Å². The van der Waals surface area contributed by atoms with E-state index in [1.54, 1.807) is 30.5 Å². The van der Waals surface area contributed by atoms with E-state index in [4.69, 9.17) is 14.2 Å². The normalized spacial score (nSPS) is 12.8. The SMILES string of the molecule is CCOc1cc2c(cc1C=Nc1cccc(O)c1)OCO2. The van der Waals surface area contributed by atoms with Gasteiger partial charge in [-0.1, -0.05) is 6.07 Å². The number of aliphatic imine (C=N–C) groups is 1. The van der Waals surface area contributed by atoms with E-state index in [0.717, 1.165) is 5.56 Å².